The topological polar surface area (TPSA) is 209 Å². The summed E-state index contributed by atoms with van der Waals surface area (Å²) in [6, 6.07) is 4.19. The highest BCUT2D eigenvalue weighted by Gasteiger charge is 2.31. The van der Waals surface area contributed by atoms with Crippen LogP contribution in [0.5, 0.6) is 0 Å². The number of primary amides is 1. The van der Waals surface area contributed by atoms with Gasteiger partial charge in [0.25, 0.3) is 11.8 Å². The zero-order valence-corrected chi connectivity index (χ0v) is 25.8. The maximum Gasteiger partial charge on any atom is 0.331 e. The lowest BCUT2D eigenvalue weighted by Gasteiger charge is -2.25. The number of hydrogen-bond donors (Lipinski definition) is 5. The SMILES string of the molecule is BOC=N[C@@H](COCCCC)C(=O)NNC(=O)[C@H](CC(N)=O)NC(=O)N[C@H](C(=O)OCc1ccccc1)C(C)OCCCC. The van der Waals surface area contributed by atoms with Crippen LogP contribution in [0.3, 0.4) is 0 Å². The number of urea groups is 1. The second kappa shape index (κ2) is 22.4. The molecule has 1 rings (SSSR count). The Kier molecular flexibility index (Phi) is 19.2. The van der Waals surface area contributed by atoms with Crippen molar-refractivity contribution in [3.8, 4) is 0 Å². The molecule has 5 amide bonds. The van der Waals surface area contributed by atoms with Crippen LogP contribution in [0.1, 0.15) is 58.4 Å². The van der Waals surface area contributed by atoms with Crippen molar-refractivity contribution in [3.05, 3.63) is 35.9 Å². The van der Waals surface area contributed by atoms with Gasteiger partial charge in [-0.25, -0.2) is 14.6 Å². The molecule has 0 saturated heterocycles. The van der Waals surface area contributed by atoms with Crippen molar-refractivity contribution in [2.45, 2.75) is 83.7 Å². The Labute approximate surface area is 258 Å². The van der Waals surface area contributed by atoms with Gasteiger partial charge in [0, 0.05) is 13.2 Å². The Morgan fingerprint density at radius 2 is 1.64 bits per heavy atom. The number of nitrogens with two attached hydrogens (primary N) is 1. The predicted molar refractivity (Wildman–Crippen MR) is 164 cm³/mol. The summed E-state index contributed by atoms with van der Waals surface area (Å²) in [5, 5.41) is 4.77. The fourth-order valence-electron chi connectivity index (χ4n) is 3.50. The largest absolute Gasteiger partial charge is 0.560 e. The molecule has 0 spiro atoms. The summed E-state index contributed by atoms with van der Waals surface area (Å²) in [5.41, 5.74) is 10.4. The quantitative estimate of drug-likeness (QED) is 0.0307. The zero-order valence-electron chi connectivity index (χ0n) is 25.8. The molecule has 1 unspecified atom stereocenters. The molecule has 15 nitrogen and oxygen atoms in total. The number of amides is 5. The number of unbranched alkanes of at least 4 members (excludes halogenated alkanes) is 2. The third-order valence-electron chi connectivity index (χ3n) is 6.02. The summed E-state index contributed by atoms with van der Waals surface area (Å²) in [7, 11) is 1.36. The van der Waals surface area contributed by atoms with E-state index < -0.39 is 60.4 Å². The van der Waals surface area contributed by atoms with E-state index in [0.717, 1.165) is 37.6 Å². The van der Waals surface area contributed by atoms with Gasteiger partial charge in [-0.1, -0.05) is 57.0 Å². The van der Waals surface area contributed by atoms with Crippen LogP contribution in [-0.2, 0) is 44.6 Å². The van der Waals surface area contributed by atoms with Crippen molar-refractivity contribution in [2.75, 3.05) is 19.8 Å². The van der Waals surface area contributed by atoms with Crippen molar-refractivity contribution < 1.29 is 42.8 Å². The number of esters is 1. The number of nitrogens with zero attached hydrogens (tertiary/aromatic N) is 1. The molecule has 0 aliphatic carbocycles. The van der Waals surface area contributed by atoms with E-state index in [1.165, 1.54) is 8.05 Å². The lowest BCUT2D eigenvalue weighted by Crippen LogP contribution is -2.59. The lowest BCUT2D eigenvalue weighted by molar-refractivity contribution is -0.151. The number of carbonyl (C=O) groups excluding carboxylic acids is 5. The Bertz CT molecular complexity index is 1060. The molecule has 0 bridgehead atoms. The third-order valence-corrected chi connectivity index (χ3v) is 6.02. The maximum atomic E-state index is 13.0. The van der Waals surface area contributed by atoms with E-state index in [2.05, 4.69) is 26.5 Å². The Morgan fingerprint density at radius 3 is 2.27 bits per heavy atom. The summed E-state index contributed by atoms with van der Waals surface area (Å²) in [4.78, 5) is 67.0. The van der Waals surface area contributed by atoms with Gasteiger partial charge in [-0.2, -0.15) is 0 Å². The van der Waals surface area contributed by atoms with Crippen molar-refractivity contribution in [1.29, 1.82) is 0 Å². The van der Waals surface area contributed by atoms with E-state index in [4.69, 9.17) is 24.6 Å². The minimum atomic E-state index is -1.51. The van der Waals surface area contributed by atoms with E-state index >= 15 is 0 Å². The lowest BCUT2D eigenvalue weighted by atomic mass is 10.1. The van der Waals surface area contributed by atoms with Gasteiger partial charge in [-0.15, -0.1) is 0 Å². The Morgan fingerprint density at radius 1 is 0.977 bits per heavy atom. The van der Waals surface area contributed by atoms with Gasteiger partial charge in [-0.05, 0) is 25.3 Å². The number of hydrazine groups is 1. The van der Waals surface area contributed by atoms with Gasteiger partial charge in [0.1, 0.15) is 12.6 Å². The molecule has 0 radical (unpaired) electrons. The molecule has 44 heavy (non-hydrogen) atoms. The summed E-state index contributed by atoms with van der Waals surface area (Å²) >= 11 is 0. The molecule has 16 heteroatoms. The number of benzene rings is 1. The zero-order chi connectivity index (χ0) is 32.7. The molecular weight excluding hydrogens is 575 g/mol. The van der Waals surface area contributed by atoms with Gasteiger partial charge < -0.3 is 35.2 Å². The van der Waals surface area contributed by atoms with E-state index in [-0.39, 0.29) is 13.2 Å². The maximum absolute atomic E-state index is 13.0. The van der Waals surface area contributed by atoms with E-state index in [9.17, 15) is 24.0 Å². The first-order valence-corrected chi connectivity index (χ1v) is 14.5. The molecular formula is C28H45BN6O9. The van der Waals surface area contributed by atoms with Crippen molar-refractivity contribution in [1.82, 2.24) is 21.5 Å². The number of rotatable bonds is 21. The Hall–Kier alpha value is -4.18. The van der Waals surface area contributed by atoms with Crippen LogP contribution in [0.25, 0.3) is 0 Å². The van der Waals surface area contributed by atoms with Crippen molar-refractivity contribution in [2.24, 2.45) is 10.7 Å². The van der Waals surface area contributed by atoms with Crippen LogP contribution in [0, 0.1) is 0 Å². The van der Waals surface area contributed by atoms with Gasteiger partial charge in [0.2, 0.25) is 5.91 Å². The van der Waals surface area contributed by atoms with E-state index in [0.29, 0.717) is 13.2 Å². The fraction of sp³-hybridized carbons (Fsp3) is 0.571. The highest BCUT2D eigenvalue weighted by atomic mass is 16.5. The summed E-state index contributed by atoms with van der Waals surface area (Å²) in [6.45, 7) is 6.21. The molecule has 4 atom stereocenters. The highest BCUT2D eigenvalue weighted by molar-refractivity contribution is 6.02. The van der Waals surface area contributed by atoms with Crippen molar-refractivity contribution in [3.63, 3.8) is 0 Å². The standard InChI is InChI=1S/C28H45BN6O9/c1-4-6-13-41-17-22(31-18-44-29)26(38)35-34-25(37)21(15-23(30)36)32-28(40)33-24(19(3)42-14-7-5-2)27(39)43-16-20-11-9-8-10-12-20/h8-12,18-19,21-22,24H,4-7,13-17,29H2,1-3H3,(H2,30,36)(H,34,37)(H,35,38)(H2,32,33,40)/t19?,21-,22-,24-/m0/s1. The number of aliphatic imine (C=N–C) groups is 1. The first-order chi connectivity index (χ1) is 21.1. The number of carbonyl (C=O) groups is 5. The van der Waals surface area contributed by atoms with Crippen LogP contribution >= 0.6 is 0 Å². The minimum absolute atomic E-state index is 0.0351. The molecule has 0 aliphatic rings. The van der Waals surface area contributed by atoms with Crippen LogP contribution in [0.4, 0.5) is 4.79 Å². The van der Waals surface area contributed by atoms with Crippen molar-refractivity contribution >= 4 is 44.2 Å². The fourth-order valence-corrected chi connectivity index (χ4v) is 3.50. The molecule has 1 aromatic rings. The smallest absolute Gasteiger partial charge is 0.331 e. The molecule has 6 N–H and O–H groups in total. The Balaban J connectivity index is 2.90. The molecule has 0 fully saturated rings. The third kappa shape index (κ3) is 15.9. The molecule has 0 saturated carbocycles. The number of ether oxygens (including phenoxy) is 3. The van der Waals surface area contributed by atoms with Crippen LogP contribution in [-0.4, -0.2) is 88.2 Å². The summed E-state index contributed by atoms with van der Waals surface area (Å²) < 4.78 is 21.3. The first-order valence-electron chi connectivity index (χ1n) is 14.5. The minimum Gasteiger partial charge on any atom is -0.560 e. The average Bonchev–Trinajstić information content (AvgIpc) is 3.00. The number of nitrogens with one attached hydrogen (secondary N) is 4. The second-order valence-corrected chi connectivity index (χ2v) is 9.75. The van der Waals surface area contributed by atoms with E-state index in [1.807, 2.05) is 19.9 Å². The van der Waals surface area contributed by atoms with Crippen LogP contribution in [0.2, 0.25) is 0 Å². The van der Waals surface area contributed by atoms with Gasteiger partial charge >= 0.3 is 20.0 Å². The van der Waals surface area contributed by atoms with Crippen LogP contribution < -0.4 is 27.2 Å². The normalized spacial score (nSPS) is 13.6. The molecule has 0 aromatic heterocycles. The van der Waals surface area contributed by atoms with Gasteiger partial charge in [0.05, 0.1) is 19.1 Å². The average molecular weight is 621 g/mol. The summed E-state index contributed by atoms with van der Waals surface area (Å²) in [6.07, 6.45) is 2.94. The summed E-state index contributed by atoms with van der Waals surface area (Å²) in [5.74, 6) is -3.35. The van der Waals surface area contributed by atoms with E-state index in [1.54, 1.807) is 31.2 Å². The first kappa shape index (κ1) is 37.9. The van der Waals surface area contributed by atoms with Crippen LogP contribution in [0.15, 0.2) is 35.3 Å². The molecule has 1 aromatic carbocycles. The monoisotopic (exact) mass is 620 g/mol. The molecule has 0 aliphatic heterocycles. The molecule has 0 heterocycles. The number of hydrogen-bond acceptors (Lipinski definition) is 10. The highest BCUT2D eigenvalue weighted by Crippen LogP contribution is 2.08. The van der Waals surface area contributed by atoms with Gasteiger partial charge in [0.15, 0.2) is 18.5 Å². The van der Waals surface area contributed by atoms with Gasteiger partial charge in [-0.3, -0.25) is 25.2 Å². The molecule has 244 valence electrons. The predicted octanol–water partition coefficient (Wildman–Crippen LogP) is -0.227. The second-order valence-electron chi connectivity index (χ2n) is 9.75.